The zero-order chi connectivity index (χ0) is 25.1. The van der Waals surface area contributed by atoms with E-state index in [-0.39, 0.29) is 31.2 Å². The first-order chi connectivity index (χ1) is 16.0. The number of rotatable bonds is 9. The highest BCUT2D eigenvalue weighted by Crippen LogP contribution is 2.33. The molecule has 3 rings (SSSR count). The van der Waals surface area contributed by atoms with Crippen LogP contribution in [0.2, 0.25) is 10.0 Å². The van der Waals surface area contributed by atoms with Gasteiger partial charge in [0.1, 0.15) is 5.82 Å². The topological polar surface area (TPSA) is 95.6 Å². The summed E-state index contributed by atoms with van der Waals surface area (Å²) in [7, 11) is -8.29. The van der Waals surface area contributed by atoms with Crippen LogP contribution in [0.3, 0.4) is 0 Å². The summed E-state index contributed by atoms with van der Waals surface area (Å²) in [5.41, 5.74) is 0.610. The minimum atomic E-state index is -4.15. The Kier molecular flexibility index (Phi) is 7.97. The molecular formula is C22H22Cl2FN3O4S2. The van der Waals surface area contributed by atoms with Gasteiger partial charge < -0.3 is 4.90 Å². The standard InChI is InChI=1S/C22H22Cl2FN3O4S2/c1-3-28(4-2)22-12-10-18(34(31,32)26-20-13-15(23)5-11-19(20)24)14-21(22)27-33(29,30)17-8-6-16(25)7-9-17/h5-14,26-27H,3-4H2,1-2H3. The highest BCUT2D eigenvalue weighted by Gasteiger charge is 2.22. The molecule has 182 valence electrons. The van der Waals surface area contributed by atoms with Gasteiger partial charge in [-0.3, -0.25) is 9.44 Å². The third-order valence-corrected chi connectivity index (χ3v) is 8.23. The van der Waals surface area contributed by atoms with Gasteiger partial charge in [0, 0.05) is 18.1 Å². The number of halogens is 3. The summed E-state index contributed by atoms with van der Waals surface area (Å²) < 4.78 is 70.1. The molecule has 0 amide bonds. The van der Waals surface area contributed by atoms with E-state index in [2.05, 4.69) is 9.44 Å². The minimum absolute atomic E-state index is 0.0492. The molecule has 0 heterocycles. The van der Waals surface area contributed by atoms with Crippen molar-refractivity contribution >= 4 is 60.3 Å². The number of nitrogens with one attached hydrogen (secondary N) is 2. The molecule has 0 aliphatic rings. The van der Waals surface area contributed by atoms with Gasteiger partial charge in [-0.15, -0.1) is 0 Å². The molecule has 0 saturated heterocycles. The number of benzene rings is 3. The normalized spacial score (nSPS) is 11.8. The van der Waals surface area contributed by atoms with E-state index in [0.717, 1.165) is 24.3 Å². The van der Waals surface area contributed by atoms with Crippen molar-refractivity contribution in [2.45, 2.75) is 23.6 Å². The van der Waals surface area contributed by atoms with Gasteiger partial charge in [0.2, 0.25) is 0 Å². The van der Waals surface area contributed by atoms with Crippen LogP contribution in [-0.4, -0.2) is 29.9 Å². The van der Waals surface area contributed by atoms with Crippen molar-refractivity contribution in [1.82, 2.24) is 0 Å². The molecule has 0 fully saturated rings. The lowest BCUT2D eigenvalue weighted by atomic mass is 10.2. The predicted octanol–water partition coefficient (Wildman–Crippen LogP) is 5.58. The van der Waals surface area contributed by atoms with Crippen molar-refractivity contribution in [3.05, 3.63) is 76.5 Å². The van der Waals surface area contributed by atoms with Crippen molar-refractivity contribution in [2.75, 3.05) is 27.4 Å². The smallest absolute Gasteiger partial charge is 0.262 e. The Morgan fingerprint density at radius 2 is 1.32 bits per heavy atom. The minimum Gasteiger partial charge on any atom is -0.370 e. The van der Waals surface area contributed by atoms with Gasteiger partial charge in [-0.1, -0.05) is 23.2 Å². The molecular weight excluding hydrogens is 524 g/mol. The number of hydrogen-bond acceptors (Lipinski definition) is 5. The summed E-state index contributed by atoms with van der Waals surface area (Å²) in [6.07, 6.45) is 0. The fourth-order valence-electron chi connectivity index (χ4n) is 3.20. The van der Waals surface area contributed by atoms with Crippen LogP contribution in [0, 0.1) is 5.82 Å². The third-order valence-electron chi connectivity index (χ3n) is 4.92. The van der Waals surface area contributed by atoms with Gasteiger partial charge in [0.05, 0.1) is 31.9 Å². The van der Waals surface area contributed by atoms with Gasteiger partial charge in [0.25, 0.3) is 20.0 Å². The lowest BCUT2D eigenvalue weighted by Gasteiger charge is -2.25. The summed E-state index contributed by atoms with van der Waals surface area (Å²) in [5.74, 6) is -0.582. The molecule has 3 aromatic carbocycles. The second-order valence-electron chi connectivity index (χ2n) is 7.14. The van der Waals surface area contributed by atoms with Crippen LogP contribution >= 0.6 is 23.2 Å². The lowest BCUT2D eigenvalue weighted by Crippen LogP contribution is -2.25. The van der Waals surface area contributed by atoms with Crippen molar-refractivity contribution in [3.63, 3.8) is 0 Å². The Labute approximate surface area is 208 Å². The van der Waals surface area contributed by atoms with Crippen LogP contribution in [0.4, 0.5) is 21.5 Å². The second kappa shape index (κ2) is 10.4. The highest BCUT2D eigenvalue weighted by molar-refractivity contribution is 7.93. The number of anilines is 3. The molecule has 12 heteroatoms. The first-order valence-corrected chi connectivity index (χ1v) is 13.8. The van der Waals surface area contributed by atoms with Crippen LogP contribution in [0.5, 0.6) is 0 Å². The zero-order valence-corrected chi connectivity index (χ0v) is 21.4. The largest absolute Gasteiger partial charge is 0.370 e. The first kappa shape index (κ1) is 26.1. The van der Waals surface area contributed by atoms with E-state index in [0.29, 0.717) is 18.8 Å². The van der Waals surface area contributed by atoms with Crippen LogP contribution in [0.15, 0.2) is 70.5 Å². The molecule has 7 nitrogen and oxygen atoms in total. The van der Waals surface area contributed by atoms with Crippen molar-refractivity contribution in [2.24, 2.45) is 0 Å². The summed E-state index contributed by atoms with van der Waals surface area (Å²) >= 11 is 12.0. The number of hydrogen-bond donors (Lipinski definition) is 2. The molecule has 0 saturated carbocycles. The van der Waals surface area contributed by atoms with Gasteiger partial charge in [-0.25, -0.2) is 21.2 Å². The molecule has 0 spiro atoms. The van der Waals surface area contributed by atoms with E-state index in [4.69, 9.17) is 23.2 Å². The molecule has 2 N–H and O–H groups in total. The van der Waals surface area contributed by atoms with E-state index >= 15 is 0 Å². The van der Waals surface area contributed by atoms with E-state index < -0.39 is 25.9 Å². The molecule has 0 unspecified atom stereocenters. The van der Waals surface area contributed by atoms with Crippen molar-refractivity contribution in [3.8, 4) is 0 Å². The summed E-state index contributed by atoms with van der Waals surface area (Å²) in [4.78, 5) is 1.49. The first-order valence-electron chi connectivity index (χ1n) is 10.1. The molecule has 0 aliphatic heterocycles. The van der Waals surface area contributed by atoms with E-state index in [9.17, 15) is 21.2 Å². The Morgan fingerprint density at radius 1 is 0.765 bits per heavy atom. The highest BCUT2D eigenvalue weighted by atomic mass is 35.5. The van der Waals surface area contributed by atoms with Gasteiger partial charge in [0.15, 0.2) is 0 Å². The number of nitrogens with zero attached hydrogens (tertiary/aromatic N) is 1. The average molecular weight is 546 g/mol. The third kappa shape index (κ3) is 5.93. The SMILES string of the molecule is CCN(CC)c1ccc(S(=O)(=O)Nc2cc(Cl)ccc2Cl)cc1NS(=O)(=O)c1ccc(F)cc1. The second-order valence-corrected chi connectivity index (χ2v) is 11.3. The van der Waals surface area contributed by atoms with Crippen LogP contribution in [0.25, 0.3) is 0 Å². The molecule has 0 atom stereocenters. The maximum absolute atomic E-state index is 13.3. The summed E-state index contributed by atoms with van der Waals surface area (Å²) in [6, 6.07) is 12.7. The van der Waals surface area contributed by atoms with Gasteiger partial charge in [-0.2, -0.15) is 0 Å². The van der Waals surface area contributed by atoms with E-state index in [1.807, 2.05) is 18.7 Å². The average Bonchev–Trinajstić information content (AvgIpc) is 2.78. The monoisotopic (exact) mass is 545 g/mol. The Morgan fingerprint density at radius 3 is 1.94 bits per heavy atom. The predicted molar refractivity (Wildman–Crippen MR) is 134 cm³/mol. The number of sulfonamides is 2. The fourth-order valence-corrected chi connectivity index (χ4v) is 5.76. The molecule has 34 heavy (non-hydrogen) atoms. The van der Waals surface area contributed by atoms with E-state index in [1.54, 1.807) is 0 Å². The summed E-state index contributed by atoms with van der Waals surface area (Å²) in [6.45, 7) is 4.86. The van der Waals surface area contributed by atoms with E-state index in [1.165, 1.54) is 36.4 Å². The van der Waals surface area contributed by atoms with Gasteiger partial charge >= 0.3 is 0 Å². The Balaban J connectivity index is 2.06. The fraction of sp³-hybridized carbons (Fsp3) is 0.182. The molecule has 0 radical (unpaired) electrons. The Hall–Kier alpha value is -2.53. The molecule has 3 aromatic rings. The summed E-state index contributed by atoms with van der Waals surface area (Å²) in [5, 5.41) is 0.428. The maximum Gasteiger partial charge on any atom is 0.262 e. The zero-order valence-electron chi connectivity index (χ0n) is 18.2. The quantitative estimate of drug-likeness (QED) is 0.366. The van der Waals surface area contributed by atoms with Crippen LogP contribution < -0.4 is 14.3 Å². The molecule has 0 aliphatic carbocycles. The van der Waals surface area contributed by atoms with Crippen LogP contribution in [0.1, 0.15) is 13.8 Å². The lowest BCUT2D eigenvalue weighted by molar-refractivity contribution is 0.597. The van der Waals surface area contributed by atoms with Gasteiger partial charge in [-0.05, 0) is 74.5 Å². The molecule has 0 bridgehead atoms. The Bertz CT molecular complexity index is 1400. The molecule has 0 aromatic heterocycles. The van der Waals surface area contributed by atoms with Crippen molar-refractivity contribution < 1.29 is 21.2 Å². The maximum atomic E-state index is 13.3. The van der Waals surface area contributed by atoms with Crippen LogP contribution in [-0.2, 0) is 20.0 Å². The van der Waals surface area contributed by atoms with Crippen molar-refractivity contribution in [1.29, 1.82) is 0 Å².